The molecule has 6 heteroatoms. The van der Waals surface area contributed by atoms with Crippen LogP contribution in [0.3, 0.4) is 0 Å². The molecule has 1 aromatic rings. The fourth-order valence-electron chi connectivity index (χ4n) is 2.28. The summed E-state index contributed by atoms with van der Waals surface area (Å²) in [7, 11) is 1.79. The Bertz CT molecular complexity index is 475. The van der Waals surface area contributed by atoms with E-state index in [9.17, 15) is 4.79 Å². The van der Waals surface area contributed by atoms with Gasteiger partial charge in [-0.1, -0.05) is 12.1 Å². The van der Waals surface area contributed by atoms with Crippen molar-refractivity contribution in [2.24, 2.45) is 5.73 Å². The van der Waals surface area contributed by atoms with Crippen LogP contribution >= 0.6 is 0 Å². The smallest absolute Gasteiger partial charge is 0.226 e. The summed E-state index contributed by atoms with van der Waals surface area (Å²) in [5.74, 6) is 0.785. The summed E-state index contributed by atoms with van der Waals surface area (Å²) in [6, 6.07) is 7.54. The summed E-state index contributed by atoms with van der Waals surface area (Å²) in [4.78, 5) is 14.0. The maximum absolute atomic E-state index is 12.3. The topological polar surface area (TPSA) is 74.0 Å². The molecule has 122 valence electrons. The first-order valence-electron chi connectivity index (χ1n) is 7.54. The number of nitrogens with zero attached hydrogens (tertiary/aromatic N) is 1. The Morgan fingerprint density at radius 3 is 3.05 bits per heavy atom. The molecule has 0 aromatic heterocycles. The maximum atomic E-state index is 12.3. The van der Waals surface area contributed by atoms with Crippen molar-refractivity contribution in [1.82, 2.24) is 4.90 Å². The molecule has 1 atom stereocenters. The summed E-state index contributed by atoms with van der Waals surface area (Å²) < 4.78 is 16.4. The molecule has 1 unspecified atom stereocenters. The van der Waals surface area contributed by atoms with Gasteiger partial charge in [-0.2, -0.15) is 0 Å². The van der Waals surface area contributed by atoms with E-state index in [1.807, 2.05) is 24.3 Å². The number of carbonyl (C=O) groups excluding carboxylic acids is 1. The summed E-state index contributed by atoms with van der Waals surface area (Å²) >= 11 is 0. The average molecular weight is 308 g/mol. The Labute approximate surface area is 131 Å². The van der Waals surface area contributed by atoms with Crippen molar-refractivity contribution in [3.05, 3.63) is 29.8 Å². The molecule has 6 nitrogen and oxygen atoms in total. The number of carbonyl (C=O) groups is 1. The van der Waals surface area contributed by atoms with Gasteiger partial charge in [-0.05, 0) is 17.7 Å². The van der Waals surface area contributed by atoms with Gasteiger partial charge in [-0.3, -0.25) is 4.79 Å². The fourth-order valence-corrected chi connectivity index (χ4v) is 2.28. The minimum atomic E-state index is -0.0399. The first kappa shape index (κ1) is 16.7. The largest absolute Gasteiger partial charge is 0.492 e. The molecule has 1 saturated heterocycles. The molecule has 1 heterocycles. The number of nitrogens with two attached hydrogens (primary N) is 1. The molecule has 0 aliphatic carbocycles. The third kappa shape index (κ3) is 5.29. The molecule has 1 amide bonds. The third-order valence-electron chi connectivity index (χ3n) is 3.43. The highest BCUT2D eigenvalue weighted by molar-refractivity contribution is 5.78. The SMILES string of the molecule is CN(CC1COCCO1)C(=O)Cc1cccc(OCCN)c1. The van der Waals surface area contributed by atoms with E-state index in [0.29, 0.717) is 45.9 Å². The third-order valence-corrected chi connectivity index (χ3v) is 3.43. The highest BCUT2D eigenvalue weighted by Gasteiger charge is 2.19. The van der Waals surface area contributed by atoms with E-state index < -0.39 is 0 Å². The predicted molar refractivity (Wildman–Crippen MR) is 82.9 cm³/mol. The lowest BCUT2D eigenvalue weighted by atomic mass is 10.1. The normalized spacial score (nSPS) is 18.0. The van der Waals surface area contributed by atoms with E-state index in [1.54, 1.807) is 11.9 Å². The second-order valence-corrected chi connectivity index (χ2v) is 5.30. The molecule has 0 saturated carbocycles. The molecular formula is C16H24N2O4. The molecule has 1 aliphatic rings. The monoisotopic (exact) mass is 308 g/mol. The average Bonchev–Trinajstić information content (AvgIpc) is 2.54. The molecule has 0 bridgehead atoms. The van der Waals surface area contributed by atoms with Crippen molar-refractivity contribution in [2.45, 2.75) is 12.5 Å². The lowest BCUT2D eigenvalue weighted by Gasteiger charge is -2.27. The van der Waals surface area contributed by atoms with Crippen LogP contribution < -0.4 is 10.5 Å². The Hall–Kier alpha value is -1.63. The highest BCUT2D eigenvalue weighted by Crippen LogP contribution is 2.14. The summed E-state index contributed by atoms with van der Waals surface area (Å²) in [5.41, 5.74) is 6.34. The molecule has 2 rings (SSSR count). The van der Waals surface area contributed by atoms with Crippen molar-refractivity contribution in [3.63, 3.8) is 0 Å². The molecular weight excluding hydrogens is 284 g/mol. The van der Waals surface area contributed by atoms with Crippen LogP contribution in [-0.2, 0) is 20.7 Å². The number of ether oxygens (including phenoxy) is 3. The Morgan fingerprint density at radius 1 is 1.45 bits per heavy atom. The van der Waals surface area contributed by atoms with Gasteiger partial charge in [0, 0.05) is 20.1 Å². The van der Waals surface area contributed by atoms with Crippen LogP contribution in [0.25, 0.3) is 0 Å². The maximum Gasteiger partial charge on any atom is 0.226 e. The van der Waals surface area contributed by atoms with Crippen LogP contribution in [0.1, 0.15) is 5.56 Å². The number of hydrogen-bond donors (Lipinski definition) is 1. The van der Waals surface area contributed by atoms with E-state index >= 15 is 0 Å². The van der Waals surface area contributed by atoms with Gasteiger partial charge in [0.15, 0.2) is 0 Å². The van der Waals surface area contributed by atoms with Crippen LogP contribution in [0.2, 0.25) is 0 Å². The van der Waals surface area contributed by atoms with Crippen molar-refractivity contribution in [3.8, 4) is 5.75 Å². The molecule has 0 spiro atoms. The molecule has 0 radical (unpaired) electrons. The van der Waals surface area contributed by atoms with Crippen molar-refractivity contribution >= 4 is 5.91 Å². The Balaban J connectivity index is 1.84. The van der Waals surface area contributed by atoms with Gasteiger partial charge in [-0.25, -0.2) is 0 Å². The standard InChI is InChI=1S/C16H24N2O4/c1-18(11-15-12-20-7-8-22-15)16(19)10-13-3-2-4-14(9-13)21-6-5-17/h2-4,9,15H,5-8,10-12,17H2,1H3. The molecule has 1 aromatic carbocycles. The lowest BCUT2D eigenvalue weighted by molar-refractivity contribution is -0.135. The fraction of sp³-hybridized carbons (Fsp3) is 0.562. The van der Waals surface area contributed by atoms with Crippen LogP contribution in [0, 0.1) is 0 Å². The number of amides is 1. The van der Waals surface area contributed by atoms with E-state index in [4.69, 9.17) is 19.9 Å². The van der Waals surface area contributed by atoms with Gasteiger partial charge in [0.25, 0.3) is 0 Å². The van der Waals surface area contributed by atoms with Crippen molar-refractivity contribution in [2.75, 3.05) is 46.6 Å². The van der Waals surface area contributed by atoms with Gasteiger partial charge < -0.3 is 24.8 Å². The minimum absolute atomic E-state index is 0.0399. The second-order valence-electron chi connectivity index (χ2n) is 5.30. The zero-order valence-electron chi connectivity index (χ0n) is 13.0. The minimum Gasteiger partial charge on any atom is -0.492 e. The van der Waals surface area contributed by atoms with Crippen LogP contribution in [0.4, 0.5) is 0 Å². The highest BCUT2D eigenvalue weighted by atomic mass is 16.6. The van der Waals surface area contributed by atoms with E-state index in [0.717, 1.165) is 11.3 Å². The van der Waals surface area contributed by atoms with E-state index in [2.05, 4.69) is 0 Å². The van der Waals surface area contributed by atoms with Gasteiger partial charge in [-0.15, -0.1) is 0 Å². The number of hydrogen-bond acceptors (Lipinski definition) is 5. The lowest BCUT2D eigenvalue weighted by Crippen LogP contribution is -2.41. The molecule has 2 N–H and O–H groups in total. The molecule has 1 fully saturated rings. The second kappa shape index (κ2) is 8.73. The Kier molecular flexibility index (Phi) is 6.64. The van der Waals surface area contributed by atoms with Gasteiger partial charge >= 0.3 is 0 Å². The van der Waals surface area contributed by atoms with Crippen LogP contribution in [0.5, 0.6) is 5.75 Å². The van der Waals surface area contributed by atoms with E-state index in [-0.39, 0.29) is 12.0 Å². The quantitative estimate of drug-likeness (QED) is 0.791. The molecule has 22 heavy (non-hydrogen) atoms. The van der Waals surface area contributed by atoms with Crippen molar-refractivity contribution in [1.29, 1.82) is 0 Å². The summed E-state index contributed by atoms with van der Waals surface area (Å²) in [6.45, 7) is 3.24. The number of benzene rings is 1. The molecule has 1 aliphatic heterocycles. The zero-order chi connectivity index (χ0) is 15.8. The number of likely N-dealkylation sites (N-methyl/N-ethyl adjacent to an activating group) is 1. The van der Waals surface area contributed by atoms with Gasteiger partial charge in [0.1, 0.15) is 12.4 Å². The summed E-state index contributed by atoms with van der Waals surface area (Å²) in [5, 5.41) is 0. The first-order valence-corrected chi connectivity index (χ1v) is 7.54. The van der Waals surface area contributed by atoms with Gasteiger partial charge in [0.05, 0.1) is 32.3 Å². The van der Waals surface area contributed by atoms with Gasteiger partial charge in [0.2, 0.25) is 5.91 Å². The Morgan fingerprint density at radius 2 is 2.32 bits per heavy atom. The van der Waals surface area contributed by atoms with Crippen molar-refractivity contribution < 1.29 is 19.0 Å². The number of rotatable bonds is 7. The van der Waals surface area contributed by atoms with Crippen LogP contribution in [0.15, 0.2) is 24.3 Å². The van der Waals surface area contributed by atoms with E-state index in [1.165, 1.54) is 0 Å². The zero-order valence-corrected chi connectivity index (χ0v) is 13.0. The predicted octanol–water partition coefficient (Wildman–Crippen LogP) is 0.440. The summed E-state index contributed by atoms with van der Waals surface area (Å²) in [6.07, 6.45) is 0.297. The van der Waals surface area contributed by atoms with Crippen LogP contribution in [-0.4, -0.2) is 63.5 Å². The first-order chi connectivity index (χ1) is 10.7.